The maximum absolute atomic E-state index is 13.7. The molecule has 2 N–H and O–H groups in total. The van der Waals surface area contributed by atoms with Gasteiger partial charge in [-0.15, -0.1) is 0 Å². The number of carbonyl (C=O) groups is 1. The number of aliphatic hydroxyl groups is 1. The standard InChI is InChI=1S/C34H43N7O3/c1-39(2)18-19-40-16-12-23(13-17-40)24-4-9-29-31(21-24)41(26-5-7-27(42)8-6-26)34(37-29)38-33(43)25-10-15-36-30(20-25)28-22-35-14-11-32(28)44-3/h4,9-11,14-15,20-23,26-27,42H,5-8,12-13,16-19H2,1-3H3,(H,37,38,43). The third-order valence-corrected chi connectivity index (χ3v) is 9.19. The van der Waals surface area contributed by atoms with Crippen LogP contribution in [0.2, 0.25) is 0 Å². The van der Waals surface area contributed by atoms with Crippen LogP contribution in [0.15, 0.2) is 55.0 Å². The number of methoxy groups -OCH3 is 1. The third-order valence-electron chi connectivity index (χ3n) is 9.19. The molecule has 0 atom stereocenters. The summed E-state index contributed by atoms with van der Waals surface area (Å²) in [5, 5.41) is 13.4. The van der Waals surface area contributed by atoms with Gasteiger partial charge in [-0.3, -0.25) is 20.1 Å². The second kappa shape index (κ2) is 13.4. The molecule has 2 aliphatic rings. The van der Waals surface area contributed by atoms with Crippen LogP contribution in [0.25, 0.3) is 22.3 Å². The van der Waals surface area contributed by atoms with Gasteiger partial charge < -0.3 is 24.2 Å². The SMILES string of the molecule is COc1ccncc1-c1cc(C(=O)Nc2nc3ccc(C4CCN(CCN(C)C)CC4)cc3n2C2CCC(O)CC2)ccn1. The van der Waals surface area contributed by atoms with Gasteiger partial charge in [0.25, 0.3) is 5.91 Å². The second-order valence-electron chi connectivity index (χ2n) is 12.4. The number of piperidine rings is 1. The molecule has 10 nitrogen and oxygen atoms in total. The lowest BCUT2D eigenvalue weighted by Crippen LogP contribution is -2.37. The molecule has 232 valence electrons. The van der Waals surface area contributed by atoms with Crippen molar-refractivity contribution in [1.29, 1.82) is 0 Å². The third kappa shape index (κ3) is 6.62. The quantitative estimate of drug-likeness (QED) is 0.279. The summed E-state index contributed by atoms with van der Waals surface area (Å²) in [4.78, 5) is 32.1. The van der Waals surface area contributed by atoms with E-state index in [0.717, 1.165) is 75.7 Å². The molecule has 44 heavy (non-hydrogen) atoms. The Kier molecular flexibility index (Phi) is 9.20. The molecule has 0 bridgehead atoms. The molecule has 1 aromatic carbocycles. The van der Waals surface area contributed by atoms with Crippen molar-refractivity contribution in [3.63, 3.8) is 0 Å². The first-order chi connectivity index (χ1) is 21.4. The van der Waals surface area contributed by atoms with Gasteiger partial charge in [-0.1, -0.05) is 6.07 Å². The van der Waals surface area contributed by atoms with Crippen molar-refractivity contribution in [3.05, 3.63) is 66.1 Å². The Labute approximate surface area is 259 Å². The lowest BCUT2D eigenvalue weighted by Gasteiger charge is -2.33. The van der Waals surface area contributed by atoms with Gasteiger partial charge in [0.2, 0.25) is 5.95 Å². The predicted octanol–water partition coefficient (Wildman–Crippen LogP) is 4.97. The fraction of sp³-hybridized carbons (Fsp3) is 0.471. The zero-order valence-electron chi connectivity index (χ0n) is 25.9. The first-order valence-corrected chi connectivity index (χ1v) is 15.7. The van der Waals surface area contributed by atoms with E-state index < -0.39 is 0 Å². The summed E-state index contributed by atoms with van der Waals surface area (Å²) in [6.07, 6.45) is 10.1. The summed E-state index contributed by atoms with van der Waals surface area (Å²) in [5.41, 5.74) is 5.05. The van der Waals surface area contributed by atoms with Crippen molar-refractivity contribution in [1.82, 2.24) is 29.3 Å². The number of ether oxygens (including phenoxy) is 1. The van der Waals surface area contributed by atoms with E-state index in [9.17, 15) is 9.90 Å². The fourth-order valence-corrected chi connectivity index (χ4v) is 6.61. The number of carbonyl (C=O) groups excluding carboxylic acids is 1. The summed E-state index contributed by atoms with van der Waals surface area (Å²) >= 11 is 0. The first-order valence-electron chi connectivity index (χ1n) is 15.7. The van der Waals surface area contributed by atoms with Crippen molar-refractivity contribution in [2.45, 2.75) is 56.6 Å². The molecule has 1 saturated heterocycles. The van der Waals surface area contributed by atoms with E-state index in [1.54, 1.807) is 43.9 Å². The minimum absolute atomic E-state index is 0.148. The largest absolute Gasteiger partial charge is 0.496 e. The Morgan fingerprint density at radius 3 is 2.59 bits per heavy atom. The van der Waals surface area contributed by atoms with Gasteiger partial charge in [0, 0.05) is 43.3 Å². The van der Waals surface area contributed by atoms with Crippen LogP contribution in [0.4, 0.5) is 5.95 Å². The summed E-state index contributed by atoms with van der Waals surface area (Å²) < 4.78 is 7.69. The number of benzene rings is 1. The second-order valence-corrected chi connectivity index (χ2v) is 12.4. The van der Waals surface area contributed by atoms with E-state index in [0.29, 0.717) is 34.4 Å². The molecule has 2 fully saturated rings. The Bertz CT molecular complexity index is 1590. The smallest absolute Gasteiger partial charge is 0.258 e. The molecule has 4 aromatic rings. The van der Waals surface area contributed by atoms with E-state index in [2.05, 4.69) is 61.9 Å². The Morgan fingerprint density at radius 2 is 1.84 bits per heavy atom. The summed E-state index contributed by atoms with van der Waals surface area (Å²) in [5.74, 6) is 1.43. The summed E-state index contributed by atoms with van der Waals surface area (Å²) in [6.45, 7) is 4.41. The normalized spacial score (nSPS) is 19.8. The molecule has 0 spiro atoms. The number of anilines is 1. The van der Waals surface area contributed by atoms with Crippen LogP contribution in [0.1, 0.15) is 66.4 Å². The molecule has 0 radical (unpaired) electrons. The lowest BCUT2D eigenvalue weighted by atomic mass is 9.89. The lowest BCUT2D eigenvalue weighted by molar-refractivity contribution is 0.102. The minimum atomic E-state index is -0.271. The summed E-state index contributed by atoms with van der Waals surface area (Å²) in [6, 6.07) is 12.0. The zero-order valence-corrected chi connectivity index (χ0v) is 25.9. The first kappa shape index (κ1) is 30.2. The fourth-order valence-electron chi connectivity index (χ4n) is 6.61. The highest BCUT2D eigenvalue weighted by Crippen LogP contribution is 2.37. The maximum Gasteiger partial charge on any atom is 0.258 e. The Hall–Kier alpha value is -3.86. The number of imidazole rings is 1. The van der Waals surface area contributed by atoms with Gasteiger partial charge in [0.05, 0.1) is 35.5 Å². The number of fused-ring (bicyclic) bond motifs is 1. The highest BCUT2D eigenvalue weighted by Gasteiger charge is 2.27. The molecule has 1 aliphatic heterocycles. The van der Waals surface area contributed by atoms with E-state index in [-0.39, 0.29) is 18.1 Å². The zero-order chi connectivity index (χ0) is 30.6. The topological polar surface area (TPSA) is 109 Å². The van der Waals surface area contributed by atoms with Gasteiger partial charge in [0.15, 0.2) is 0 Å². The van der Waals surface area contributed by atoms with Crippen molar-refractivity contribution in [2.24, 2.45) is 0 Å². The van der Waals surface area contributed by atoms with Gasteiger partial charge in [-0.25, -0.2) is 4.98 Å². The number of amides is 1. The molecule has 4 heterocycles. The van der Waals surface area contributed by atoms with Crippen LogP contribution in [0.5, 0.6) is 5.75 Å². The highest BCUT2D eigenvalue weighted by atomic mass is 16.5. The monoisotopic (exact) mass is 597 g/mol. The molecular formula is C34H43N7O3. The van der Waals surface area contributed by atoms with Crippen LogP contribution in [0.3, 0.4) is 0 Å². The van der Waals surface area contributed by atoms with Crippen LogP contribution in [-0.2, 0) is 0 Å². The van der Waals surface area contributed by atoms with Crippen LogP contribution in [-0.4, -0.2) is 93.8 Å². The van der Waals surface area contributed by atoms with E-state index >= 15 is 0 Å². The molecule has 1 saturated carbocycles. The van der Waals surface area contributed by atoms with E-state index in [1.807, 2.05) is 0 Å². The van der Waals surface area contributed by atoms with Crippen molar-refractivity contribution < 1.29 is 14.6 Å². The van der Waals surface area contributed by atoms with Gasteiger partial charge >= 0.3 is 0 Å². The van der Waals surface area contributed by atoms with Gasteiger partial charge in [-0.2, -0.15) is 0 Å². The number of hydrogen-bond donors (Lipinski definition) is 2. The van der Waals surface area contributed by atoms with E-state index in [1.165, 1.54) is 5.56 Å². The number of nitrogens with zero attached hydrogens (tertiary/aromatic N) is 6. The number of likely N-dealkylation sites (N-methyl/N-ethyl adjacent to an activating group) is 1. The Morgan fingerprint density at radius 1 is 1.05 bits per heavy atom. The summed E-state index contributed by atoms with van der Waals surface area (Å²) in [7, 11) is 5.86. The van der Waals surface area contributed by atoms with Gasteiger partial charge in [-0.05, 0) is 108 Å². The average Bonchev–Trinajstić information content (AvgIpc) is 3.41. The van der Waals surface area contributed by atoms with Gasteiger partial charge in [0.1, 0.15) is 5.75 Å². The number of rotatable bonds is 9. The molecule has 3 aromatic heterocycles. The molecule has 1 aliphatic carbocycles. The molecule has 1 amide bonds. The van der Waals surface area contributed by atoms with Crippen LogP contribution >= 0.6 is 0 Å². The predicted molar refractivity (Wildman–Crippen MR) is 172 cm³/mol. The number of hydrogen-bond acceptors (Lipinski definition) is 8. The number of likely N-dealkylation sites (tertiary alicyclic amines) is 1. The number of aromatic nitrogens is 4. The molecule has 6 rings (SSSR count). The highest BCUT2D eigenvalue weighted by molar-refractivity contribution is 6.04. The van der Waals surface area contributed by atoms with Crippen molar-refractivity contribution in [3.8, 4) is 17.0 Å². The average molecular weight is 598 g/mol. The van der Waals surface area contributed by atoms with Crippen molar-refractivity contribution >= 4 is 22.9 Å². The molecule has 10 heteroatoms. The minimum Gasteiger partial charge on any atom is -0.496 e. The number of nitrogens with one attached hydrogen (secondary N) is 1. The molecule has 0 unspecified atom stereocenters. The molecular weight excluding hydrogens is 554 g/mol. The van der Waals surface area contributed by atoms with Crippen LogP contribution < -0.4 is 10.1 Å². The Balaban J connectivity index is 1.27. The maximum atomic E-state index is 13.7. The number of aliphatic hydroxyl groups excluding tert-OH is 1. The van der Waals surface area contributed by atoms with E-state index in [4.69, 9.17) is 9.72 Å². The van der Waals surface area contributed by atoms with Crippen molar-refractivity contribution in [2.75, 3.05) is 52.7 Å². The van der Waals surface area contributed by atoms with Crippen LogP contribution in [0, 0.1) is 0 Å². The number of pyridine rings is 2.